The van der Waals surface area contributed by atoms with Crippen LogP contribution in [0.25, 0.3) is 0 Å². The molecule has 2 rings (SSSR count). The third kappa shape index (κ3) is 8.26. The maximum atomic E-state index is 12.8. The molecule has 0 aliphatic carbocycles. The molecule has 1 fully saturated rings. The predicted molar refractivity (Wildman–Crippen MR) is 108 cm³/mol. The van der Waals surface area contributed by atoms with Gasteiger partial charge in [-0.25, -0.2) is 4.39 Å². The maximum absolute atomic E-state index is 12.8. The van der Waals surface area contributed by atoms with Gasteiger partial charge in [-0.1, -0.05) is 0 Å². The van der Waals surface area contributed by atoms with Crippen molar-refractivity contribution in [1.29, 1.82) is 0 Å². The van der Waals surface area contributed by atoms with Gasteiger partial charge in [0.2, 0.25) is 17.7 Å². The standard InChI is InChI=1S/C19H27FN4O3S/c20-15-4-6-16(7-5-15)23-18(26)13-28-12-17(25)22-8-2-10-24-9-1-3-14(11-24)19(21)27/h4-7,14H,1-3,8-13H2,(H2,21,27)(H,22,25)(H,23,26). The Morgan fingerprint density at radius 2 is 1.89 bits per heavy atom. The molecule has 28 heavy (non-hydrogen) atoms. The van der Waals surface area contributed by atoms with Crippen molar-refractivity contribution in [2.75, 3.05) is 43.0 Å². The molecule has 0 radical (unpaired) electrons. The summed E-state index contributed by atoms with van der Waals surface area (Å²) < 4.78 is 12.8. The number of nitrogens with one attached hydrogen (secondary N) is 2. The zero-order valence-electron chi connectivity index (χ0n) is 15.8. The fraction of sp³-hybridized carbons (Fsp3) is 0.526. The average Bonchev–Trinajstić information content (AvgIpc) is 2.67. The van der Waals surface area contributed by atoms with E-state index in [9.17, 15) is 18.8 Å². The summed E-state index contributed by atoms with van der Waals surface area (Å²) in [6.45, 7) is 3.02. The van der Waals surface area contributed by atoms with E-state index < -0.39 is 0 Å². The number of carbonyl (C=O) groups excluding carboxylic acids is 3. The molecule has 0 aromatic heterocycles. The van der Waals surface area contributed by atoms with Crippen LogP contribution in [-0.2, 0) is 14.4 Å². The van der Waals surface area contributed by atoms with E-state index in [2.05, 4.69) is 15.5 Å². The SMILES string of the molecule is NC(=O)C1CCCN(CCCNC(=O)CSCC(=O)Nc2ccc(F)cc2)C1. The number of benzene rings is 1. The summed E-state index contributed by atoms with van der Waals surface area (Å²) in [6, 6.07) is 5.51. The number of carbonyl (C=O) groups is 3. The van der Waals surface area contributed by atoms with Gasteiger partial charge in [0.15, 0.2) is 0 Å². The number of primary amides is 1. The number of rotatable bonds is 10. The van der Waals surface area contributed by atoms with Crippen LogP contribution in [0.5, 0.6) is 0 Å². The lowest BCUT2D eigenvalue weighted by molar-refractivity contribution is -0.123. The van der Waals surface area contributed by atoms with Crippen LogP contribution in [0.3, 0.4) is 0 Å². The van der Waals surface area contributed by atoms with E-state index in [-0.39, 0.29) is 41.0 Å². The lowest BCUT2D eigenvalue weighted by Crippen LogP contribution is -2.42. The molecule has 1 aromatic rings. The number of hydrogen-bond acceptors (Lipinski definition) is 5. The summed E-state index contributed by atoms with van der Waals surface area (Å²) in [6.07, 6.45) is 2.62. The molecule has 1 heterocycles. The van der Waals surface area contributed by atoms with E-state index in [0.717, 1.165) is 32.4 Å². The molecule has 1 aliphatic heterocycles. The van der Waals surface area contributed by atoms with Crippen molar-refractivity contribution in [1.82, 2.24) is 10.2 Å². The Morgan fingerprint density at radius 1 is 1.18 bits per heavy atom. The van der Waals surface area contributed by atoms with Gasteiger partial charge in [0.1, 0.15) is 5.82 Å². The number of likely N-dealkylation sites (tertiary alicyclic amines) is 1. The highest BCUT2D eigenvalue weighted by molar-refractivity contribution is 8.00. The van der Waals surface area contributed by atoms with Gasteiger partial charge in [0, 0.05) is 18.8 Å². The molecular weight excluding hydrogens is 383 g/mol. The lowest BCUT2D eigenvalue weighted by atomic mass is 9.97. The monoisotopic (exact) mass is 410 g/mol. The zero-order chi connectivity index (χ0) is 20.4. The van der Waals surface area contributed by atoms with Gasteiger partial charge in [-0.05, 0) is 56.6 Å². The molecule has 9 heteroatoms. The normalized spacial score (nSPS) is 17.1. The summed E-state index contributed by atoms with van der Waals surface area (Å²) in [5.41, 5.74) is 5.89. The predicted octanol–water partition coefficient (Wildman–Crippen LogP) is 1.20. The van der Waals surface area contributed by atoms with Gasteiger partial charge in [-0.3, -0.25) is 14.4 Å². The molecule has 3 amide bonds. The van der Waals surface area contributed by atoms with Crippen LogP contribution in [0, 0.1) is 11.7 Å². The Morgan fingerprint density at radius 3 is 2.61 bits per heavy atom. The van der Waals surface area contributed by atoms with Gasteiger partial charge in [0.05, 0.1) is 17.4 Å². The minimum Gasteiger partial charge on any atom is -0.369 e. The van der Waals surface area contributed by atoms with E-state index in [4.69, 9.17) is 5.73 Å². The molecule has 7 nitrogen and oxygen atoms in total. The van der Waals surface area contributed by atoms with Crippen molar-refractivity contribution in [3.05, 3.63) is 30.1 Å². The number of amides is 3. The molecule has 1 saturated heterocycles. The Kier molecular flexibility index (Phi) is 9.22. The van der Waals surface area contributed by atoms with Crippen molar-refractivity contribution in [3.8, 4) is 0 Å². The second-order valence-electron chi connectivity index (χ2n) is 6.79. The molecule has 4 N–H and O–H groups in total. The molecule has 0 bridgehead atoms. The number of nitrogens with two attached hydrogens (primary N) is 1. The fourth-order valence-electron chi connectivity index (χ4n) is 3.04. The lowest BCUT2D eigenvalue weighted by Gasteiger charge is -2.31. The quantitative estimate of drug-likeness (QED) is 0.503. The van der Waals surface area contributed by atoms with Crippen molar-refractivity contribution in [3.63, 3.8) is 0 Å². The van der Waals surface area contributed by atoms with Gasteiger partial charge in [-0.2, -0.15) is 0 Å². The van der Waals surface area contributed by atoms with Gasteiger partial charge >= 0.3 is 0 Å². The Bertz CT molecular complexity index is 672. The smallest absolute Gasteiger partial charge is 0.234 e. The first-order valence-corrected chi connectivity index (χ1v) is 10.5. The Hall–Kier alpha value is -2.13. The summed E-state index contributed by atoms with van der Waals surface area (Å²) in [5, 5.41) is 5.48. The molecule has 1 atom stereocenters. The van der Waals surface area contributed by atoms with E-state index in [1.807, 2.05) is 0 Å². The number of anilines is 1. The average molecular weight is 411 g/mol. The Balaban J connectivity index is 1.52. The summed E-state index contributed by atoms with van der Waals surface area (Å²) in [7, 11) is 0. The number of nitrogens with zero attached hydrogens (tertiary/aromatic N) is 1. The third-order valence-electron chi connectivity index (χ3n) is 4.48. The van der Waals surface area contributed by atoms with Crippen molar-refractivity contribution < 1.29 is 18.8 Å². The molecule has 1 aromatic carbocycles. The molecular formula is C19H27FN4O3S. The van der Waals surface area contributed by atoms with Crippen LogP contribution in [-0.4, -0.2) is 60.3 Å². The summed E-state index contributed by atoms with van der Waals surface area (Å²) in [5.74, 6) is -0.680. The van der Waals surface area contributed by atoms with E-state index in [1.54, 1.807) is 0 Å². The topological polar surface area (TPSA) is 105 Å². The highest BCUT2D eigenvalue weighted by atomic mass is 32.2. The van der Waals surface area contributed by atoms with E-state index in [1.165, 1.54) is 36.0 Å². The number of halogens is 1. The zero-order valence-corrected chi connectivity index (χ0v) is 16.6. The van der Waals surface area contributed by atoms with Crippen LogP contribution >= 0.6 is 11.8 Å². The number of thioether (sulfide) groups is 1. The second-order valence-corrected chi connectivity index (χ2v) is 7.78. The number of piperidine rings is 1. The van der Waals surface area contributed by atoms with Crippen molar-refractivity contribution in [2.24, 2.45) is 11.7 Å². The van der Waals surface area contributed by atoms with Crippen molar-refractivity contribution >= 4 is 35.2 Å². The largest absolute Gasteiger partial charge is 0.369 e. The second kappa shape index (κ2) is 11.7. The molecule has 1 aliphatic rings. The first-order chi connectivity index (χ1) is 13.4. The first kappa shape index (κ1) is 22.2. The Labute approximate surface area is 168 Å². The van der Waals surface area contributed by atoms with E-state index >= 15 is 0 Å². The number of hydrogen-bond donors (Lipinski definition) is 3. The van der Waals surface area contributed by atoms with Crippen molar-refractivity contribution in [2.45, 2.75) is 19.3 Å². The molecule has 0 spiro atoms. The molecule has 1 unspecified atom stereocenters. The molecule has 154 valence electrons. The van der Waals surface area contributed by atoms with Crippen LogP contribution in [0.15, 0.2) is 24.3 Å². The van der Waals surface area contributed by atoms with Gasteiger partial charge in [-0.15, -0.1) is 11.8 Å². The summed E-state index contributed by atoms with van der Waals surface area (Å²) >= 11 is 1.22. The van der Waals surface area contributed by atoms with Crippen LogP contribution in [0.2, 0.25) is 0 Å². The van der Waals surface area contributed by atoms with Crippen LogP contribution in [0.1, 0.15) is 19.3 Å². The first-order valence-electron chi connectivity index (χ1n) is 9.35. The van der Waals surface area contributed by atoms with Gasteiger partial charge in [0.25, 0.3) is 0 Å². The fourth-order valence-corrected chi connectivity index (χ4v) is 3.69. The molecule has 0 saturated carbocycles. The minimum atomic E-state index is -0.364. The third-order valence-corrected chi connectivity index (χ3v) is 5.41. The van der Waals surface area contributed by atoms with E-state index in [0.29, 0.717) is 18.8 Å². The van der Waals surface area contributed by atoms with Gasteiger partial charge < -0.3 is 21.3 Å². The highest BCUT2D eigenvalue weighted by Gasteiger charge is 2.23. The maximum Gasteiger partial charge on any atom is 0.234 e. The minimum absolute atomic E-state index is 0.0687. The van der Waals surface area contributed by atoms with Crippen LogP contribution in [0.4, 0.5) is 10.1 Å². The highest BCUT2D eigenvalue weighted by Crippen LogP contribution is 2.16. The summed E-state index contributed by atoms with van der Waals surface area (Å²) in [4.78, 5) is 37.1. The van der Waals surface area contributed by atoms with Crippen LogP contribution < -0.4 is 16.4 Å².